The van der Waals surface area contributed by atoms with Crippen molar-refractivity contribution in [3.63, 3.8) is 0 Å². The Labute approximate surface area is 96.2 Å². The Bertz CT molecular complexity index is 366. The van der Waals surface area contributed by atoms with Crippen molar-refractivity contribution >= 4 is 21.9 Å². The highest BCUT2D eigenvalue weighted by atomic mass is 79.9. The molecule has 0 aliphatic rings. The minimum Gasteiger partial charge on any atom is -0.481 e. The van der Waals surface area contributed by atoms with Gasteiger partial charge in [0.2, 0.25) is 0 Å². The first-order valence-electron chi connectivity index (χ1n) is 4.67. The third kappa shape index (κ3) is 3.63. The van der Waals surface area contributed by atoms with Crippen molar-refractivity contribution in [3.05, 3.63) is 34.1 Å². The molecule has 0 spiro atoms. The molecule has 0 radical (unpaired) electrons. The topological polar surface area (TPSA) is 37.3 Å². The number of carbonyl (C=O) groups is 1. The first kappa shape index (κ1) is 12.2. The number of hydrogen-bond donors (Lipinski definition) is 1. The predicted molar refractivity (Wildman–Crippen MR) is 59.2 cm³/mol. The maximum absolute atomic E-state index is 13.3. The molecule has 1 atom stereocenters. The average molecular weight is 275 g/mol. The van der Waals surface area contributed by atoms with Gasteiger partial charge >= 0.3 is 5.97 Å². The van der Waals surface area contributed by atoms with Crippen molar-refractivity contribution in [1.82, 2.24) is 0 Å². The van der Waals surface area contributed by atoms with Crippen LogP contribution >= 0.6 is 15.9 Å². The van der Waals surface area contributed by atoms with E-state index in [-0.39, 0.29) is 5.82 Å². The van der Waals surface area contributed by atoms with Crippen molar-refractivity contribution in [2.24, 2.45) is 5.92 Å². The summed E-state index contributed by atoms with van der Waals surface area (Å²) in [6.45, 7) is 1.62. The van der Waals surface area contributed by atoms with Crippen LogP contribution < -0.4 is 0 Å². The summed E-state index contributed by atoms with van der Waals surface area (Å²) in [6.07, 6.45) is 0.890. The quantitative estimate of drug-likeness (QED) is 0.915. The van der Waals surface area contributed by atoms with Gasteiger partial charge in [0.15, 0.2) is 0 Å². The Hall–Kier alpha value is -0.900. The second-order valence-electron chi connectivity index (χ2n) is 3.51. The smallest absolute Gasteiger partial charge is 0.306 e. The molecule has 0 heterocycles. The van der Waals surface area contributed by atoms with Crippen molar-refractivity contribution in [1.29, 1.82) is 0 Å². The molecule has 1 aromatic carbocycles. The average Bonchev–Trinajstić information content (AvgIpc) is 2.18. The first-order chi connectivity index (χ1) is 7.00. The van der Waals surface area contributed by atoms with E-state index in [9.17, 15) is 9.18 Å². The molecule has 0 aliphatic heterocycles. The Morgan fingerprint density at radius 1 is 1.60 bits per heavy atom. The minimum atomic E-state index is -0.842. The van der Waals surface area contributed by atoms with E-state index in [1.165, 1.54) is 6.07 Å². The lowest BCUT2D eigenvalue weighted by molar-refractivity contribution is -0.141. The molecule has 4 heteroatoms. The van der Waals surface area contributed by atoms with Gasteiger partial charge < -0.3 is 5.11 Å². The number of hydrogen-bond acceptors (Lipinski definition) is 1. The zero-order valence-electron chi connectivity index (χ0n) is 8.34. The van der Waals surface area contributed by atoms with Crippen molar-refractivity contribution in [3.8, 4) is 0 Å². The van der Waals surface area contributed by atoms with Gasteiger partial charge in [-0.05, 0) is 36.6 Å². The summed E-state index contributed by atoms with van der Waals surface area (Å²) in [5.41, 5.74) is 0.553. The standard InChI is InChI=1S/C11H12BrFO2/c1-7(11(14)15)2-3-8-6-9(12)4-5-10(8)13/h4-7H,2-3H2,1H3,(H,14,15). The van der Waals surface area contributed by atoms with E-state index in [2.05, 4.69) is 15.9 Å². The third-order valence-electron chi connectivity index (χ3n) is 2.28. The second kappa shape index (κ2) is 5.26. The lowest BCUT2D eigenvalue weighted by Gasteiger charge is -2.07. The van der Waals surface area contributed by atoms with E-state index in [0.29, 0.717) is 18.4 Å². The van der Waals surface area contributed by atoms with Gasteiger partial charge in [-0.3, -0.25) is 4.79 Å². The van der Waals surface area contributed by atoms with Gasteiger partial charge in [-0.2, -0.15) is 0 Å². The van der Waals surface area contributed by atoms with Crippen LogP contribution in [0.2, 0.25) is 0 Å². The summed E-state index contributed by atoms with van der Waals surface area (Å²) in [5.74, 6) is -1.57. The molecule has 82 valence electrons. The zero-order valence-corrected chi connectivity index (χ0v) is 9.92. The Kier molecular flexibility index (Phi) is 4.27. The molecule has 1 rings (SSSR count). The zero-order chi connectivity index (χ0) is 11.4. The SMILES string of the molecule is CC(CCc1cc(Br)ccc1F)C(=O)O. The van der Waals surface area contributed by atoms with Gasteiger partial charge in [0.1, 0.15) is 5.82 Å². The lowest BCUT2D eigenvalue weighted by Crippen LogP contribution is -2.10. The fourth-order valence-electron chi connectivity index (χ4n) is 1.23. The molecule has 2 nitrogen and oxygen atoms in total. The number of halogens is 2. The predicted octanol–water partition coefficient (Wildman–Crippen LogP) is 3.24. The summed E-state index contributed by atoms with van der Waals surface area (Å²) in [7, 11) is 0. The number of rotatable bonds is 4. The molecule has 0 aliphatic carbocycles. The Balaban J connectivity index is 2.65. The van der Waals surface area contributed by atoms with Crippen molar-refractivity contribution < 1.29 is 14.3 Å². The molecule has 0 aromatic heterocycles. The summed E-state index contributed by atoms with van der Waals surface area (Å²) < 4.78 is 14.1. The van der Waals surface area contributed by atoms with Crippen LogP contribution in [0, 0.1) is 11.7 Å². The van der Waals surface area contributed by atoms with Crippen LogP contribution in [0.25, 0.3) is 0 Å². The molecular formula is C11H12BrFO2. The summed E-state index contributed by atoms with van der Waals surface area (Å²) in [5, 5.41) is 8.68. The molecule has 1 N–H and O–H groups in total. The Morgan fingerprint density at radius 2 is 2.27 bits per heavy atom. The largest absolute Gasteiger partial charge is 0.481 e. The molecule has 0 bridgehead atoms. The van der Waals surface area contributed by atoms with Crippen molar-refractivity contribution in [2.75, 3.05) is 0 Å². The molecule has 0 saturated heterocycles. The maximum Gasteiger partial charge on any atom is 0.306 e. The molecule has 0 amide bonds. The number of aryl methyl sites for hydroxylation is 1. The van der Waals surface area contributed by atoms with Crippen LogP contribution in [0.1, 0.15) is 18.9 Å². The summed E-state index contributed by atoms with van der Waals surface area (Å²) in [4.78, 5) is 10.6. The molecular weight excluding hydrogens is 263 g/mol. The summed E-state index contributed by atoms with van der Waals surface area (Å²) >= 11 is 3.25. The molecule has 15 heavy (non-hydrogen) atoms. The van der Waals surface area contributed by atoms with E-state index in [4.69, 9.17) is 5.11 Å². The van der Waals surface area contributed by atoms with Gasteiger partial charge in [-0.1, -0.05) is 22.9 Å². The minimum absolute atomic E-state index is 0.282. The fraction of sp³-hybridized carbons (Fsp3) is 0.364. The normalized spacial score (nSPS) is 12.5. The number of benzene rings is 1. The molecule has 0 saturated carbocycles. The Morgan fingerprint density at radius 3 is 2.87 bits per heavy atom. The maximum atomic E-state index is 13.3. The van der Waals surface area contributed by atoms with Gasteiger partial charge in [0, 0.05) is 4.47 Å². The highest BCUT2D eigenvalue weighted by molar-refractivity contribution is 9.10. The summed E-state index contributed by atoms with van der Waals surface area (Å²) in [6, 6.07) is 4.69. The number of aliphatic carboxylic acids is 1. The lowest BCUT2D eigenvalue weighted by atomic mass is 10.0. The van der Waals surface area contributed by atoms with E-state index in [1.807, 2.05) is 0 Å². The first-order valence-corrected chi connectivity index (χ1v) is 5.46. The van der Waals surface area contributed by atoms with E-state index >= 15 is 0 Å². The van der Waals surface area contributed by atoms with E-state index < -0.39 is 11.9 Å². The van der Waals surface area contributed by atoms with E-state index in [0.717, 1.165) is 4.47 Å². The third-order valence-corrected chi connectivity index (χ3v) is 2.77. The second-order valence-corrected chi connectivity index (χ2v) is 4.43. The number of carboxylic acids is 1. The van der Waals surface area contributed by atoms with Crippen LogP contribution in [0.3, 0.4) is 0 Å². The van der Waals surface area contributed by atoms with Gasteiger partial charge in [0.05, 0.1) is 5.92 Å². The molecule has 1 unspecified atom stereocenters. The van der Waals surface area contributed by atoms with Gasteiger partial charge in [0.25, 0.3) is 0 Å². The fourth-order valence-corrected chi connectivity index (χ4v) is 1.64. The molecule has 1 aromatic rings. The highest BCUT2D eigenvalue weighted by Crippen LogP contribution is 2.18. The van der Waals surface area contributed by atoms with Crippen molar-refractivity contribution in [2.45, 2.75) is 19.8 Å². The van der Waals surface area contributed by atoms with E-state index in [1.54, 1.807) is 19.1 Å². The highest BCUT2D eigenvalue weighted by Gasteiger charge is 2.12. The molecule has 0 fully saturated rings. The van der Waals surface area contributed by atoms with Crippen LogP contribution in [-0.4, -0.2) is 11.1 Å². The van der Waals surface area contributed by atoms with Gasteiger partial charge in [-0.15, -0.1) is 0 Å². The monoisotopic (exact) mass is 274 g/mol. The van der Waals surface area contributed by atoms with Crippen LogP contribution in [0.4, 0.5) is 4.39 Å². The van der Waals surface area contributed by atoms with Gasteiger partial charge in [-0.25, -0.2) is 4.39 Å². The van der Waals surface area contributed by atoms with Crippen LogP contribution in [0.15, 0.2) is 22.7 Å². The van der Waals surface area contributed by atoms with Crippen LogP contribution in [0.5, 0.6) is 0 Å². The number of carboxylic acid groups (broad SMARTS) is 1. The van der Waals surface area contributed by atoms with Crippen LogP contribution in [-0.2, 0) is 11.2 Å².